The van der Waals surface area contributed by atoms with Crippen LogP contribution in [-0.4, -0.2) is 31.6 Å². The van der Waals surface area contributed by atoms with Crippen LogP contribution in [0, 0.1) is 5.92 Å². The number of esters is 1. The molecule has 0 spiro atoms. The Morgan fingerprint density at radius 1 is 1.12 bits per heavy atom. The molecule has 1 N–H and O–H groups in total. The standard InChI is InChI=1S/C21H25NO4/c1-14-7-3-6-10-18(14)22-20(23)13-26-21(24)17-11-15-8-4-5-9-16(15)12-19(17)25-2/h4-5,8-9,11-12,14,18H,3,6-7,10,13H2,1-2H3,(H,22,23). The van der Waals surface area contributed by atoms with Gasteiger partial charge in [-0.05, 0) is 41.7 Å². The number of rotatable bonds is 5. The summed E-state index contributed by atoms with van der Waals surface area (Å²) >= 11 is 0. The molecule has 2 aromatic carbocycles. The largest absolute Gasteiger partial charge is 0.496 e. The molecular weight excluding hydrogens is 330 g/mol. The molecule has 2 atom stereocenters. The smallest absolute Gasteiger partial charge is 0.342 e. The van der Waals surface area contributed by atoms with E-state index >= 15 is 0 Å². The van der Waals surface area contributed by atoms with Gasteiger partial charge in [-0.2, -0.15) is 0 Å². The lowest BCUT2D eigenvalue weighted by Gasteiger charge is -2.29. The fourth-order valence-electron chi connectivity index (χ4n) is 3.54. The molecule has 1 amide bonds. The van der Waals surface area contributed by atoms with Gasteiger partial charge in [0.2, 0.25) is 0 Å². The Morgan fingerprint density at radius 2 is 1.81 bits per heavy atom. The molecule has 1 fully saturated rings. The van der Waals surface area contributed by atoms with Gasteiger partial charge in [0.05, 0.1) is 7.11 Å². The topological polar surface area (TPSA) is 64.6 Å². The predicted molar refractivity (Wildman–Crippen MR) is 100 cm³/mol. The molecule has 1 aliphatic rings. The first-order chi connectivity index (χ1) is 12.6. The van der Waals surface area contributed by atoms with E-state index in [1.165, 1.54) is 13.5 Å². The first-order valence-corrected chi connectivity index (χ1v) is 9.11. The van der Waals surface area contributed by atoms with Crippen LogP contribution in [0.15, 0.2) is 36.4 Å². The molecule has 26 heavy (non-hydrogen) atoms. The number of carbonyl (C=O) groups excluding carboxylic acids is 2. The molecule has 2 unspecified atom stereocenters. The molecule has 0 radical (unpaired) electrons. The summed E-state index contributed by atoms with van der Waals surface area (Å²) < 4.78 is 10.5. The van der Waals surface area contributed by atoms with E-state index in [2.05, 4.69) is 12.2 Å². The Balaban J connectivity index is 1.64. The van der Waals surface area contributed by atoms with Crippen LogP contribution in [-0.2, 0) is 9.53 Å². The van der Waals surface area contributed by atoms with Crippen molar-refractivity contribution in [2.75, 3.05) is 13.7 Å². The minimum Gasteiger partial charge on any atom is -0.496 e. The lowest BCUT2D eigenvalue weighted by atomic mass is 9.86. The van der Waals surface area contributed by atoms with Gasteiger partial charge in [0.1, 0.15) is 11.3 Å². The number of amides is 1. The fourth-order valence-corrected chi connectivity index (χ4v) is 3.54. The maximum atomic E-state index is 12.4. The summed E-state index contributed by atoms with van der Waals surface area (Å²) in [6.45, 7) is 1.87. The molecule has 1 saturated carbocycles. The average Bonchev–Trinajstić information content (AvgIpc) is 2.66. The number of ether oxygens (including phenoxy) is 2. The van der Waals surface area contributed by atoms with Crippen molar-refractivity contribution >= 4 is 22.6 Å². The van der Waals surface area contributed by atoms with Gasteiger partial charge in [-0.15, -0.1) is 0 Å². The molecule has 2 aromatic rings. The van der Waals surface area contributed by atoms with Gasteiger partial charge in [-0.1, -0.05) is 44.0 Å². The molecule has 0 aliphatic heterocycles. The molecule has 1 aliphatic carbocycles. The molecule has 138 valence electrons. The van der Waals surface area contributed by atoms with Crippen LogP contribution < -0.4 is 10.1 Å². The van der Waals surface area contributed by atoms with E-state index in [9.17, 15) is 9.59 Å². The SMILES string of the molecule is COc1cc2ccccc2cc1C(=O)OCC(=O)NC1CCCCC1C. The van der Waals surface area contributed by atoms with Crippen molar-refractivity contribution in [2.24, 2.45) is 5.92 Å². The van der Waals surface area contributed by atoms with E-state index in [1.54, 1.807) is 12.1 Å². The zero-order chi connectivity index (χ0) is 18.5. The Kier molecular flexibility index (Phi) is 5.76. The van der Waals surface area contributed by atoms with Crippen molar-refractivity contribution in [3.8, 4) is 5.75 Å². The van der Waals surface area contributed by atoms with E-state index in [0.29, 0.717) is 17.2 Å². The zero-order valence-corrected chi connectivity index (χ0v) is 15.3. The van der Waals surface area contributed by atoms with Crippen molar-refractivity contribution in [2.45, 2.75) is 38.6 Å². The quantitative estimate of drug-likeness (QED) is 0.831. The van der Waals surface area contributed by atoms with Gasteiger partial charge < -0.3 is 14.8 Å². The molecule has 5 nitrogen and oxygen atoms in total. The number of benzene rings is 2. The van der Waals surface area contributed by atoms with E-state index in [-0.39, 0.29) is 18.6 Å². The van der Waals surface area contributed by atoms with Crippen LogP contribution in [0.3, 0.4) is 0 Å². The van der Waals surface area contributed by atoms with Crippen LogP contribution in [0.4, 0.5) is 0 Å². The molecule has 3 rings (SSSR count). The maximum Gasteiger partial charge on any atom is 0.342 e. The lowest BCUT2D eigenvalue weighted by Crippen LogP contribution is -2.42. The molecule has 0 aromatic heterocycles. The third-order valence-electron chi connectivity index (χ3n) is 5.08. The van der Waals surface area contributed by atoms with Gasteiger partial charge in [-0.25, -0.2) is 4.79 Å². The van der Waals surface area contributed by atoms with Crippen molar-refractivity contribution in [1.82, 2.24) is 5.32 Å². The number of fused-ring (bicyclic) bond motifs is 1. The van der Waals surface area contributed by atoms with Gasteiger partial charge in [0, 0.05) is 6.04 Å². The fraction of sp³-hybridized carbons (Fsp3) is 0.429. The maximum absolute atomic E-state index is 12.4. The Hall–Kier alpha value is -2.56. The lowest BCUT2D eigenvalue weighted by molar-refractivity contribution is -0.125. The molecular formula is C21H25NO4. The summed E-state index contributed by atoms with van der Waals surface area (Å²) in [4.78, 5) is 24.6. The third-order valence-corrected chi connectivity index (χ3v) is 5.08. The zero-order valence-electron chi connectivity index (χ0n) is 15.3. The summed E-state index contributed by atoms with van der Waals surface area (Å²) in [5, 5.41) is 4.88. The second-order valence-corrected chi connectivity index (χ2v) is 6.91. The molecule has 5 heteroatoms. The summed E-state index contributed by atoms with van der Waals surface area (Å²) in [6.07, 6.45) is 4.45. The molecule has 0 bridgehead atoms. The van der Waals surface area contributed by atoms with E-state index < -0.39 is 5.97 Å². The van der Waals surface area contributed by atoms with Crippen LogP contribution in [0.5, 0.6) is 5.75 Å². The summed E-state index contributed by atoms with van der Waals surface area (Å²) in [5.41, 5.74) is 0.324. The predicted octanol–water partition coefficient (Wildman–Crippen LogP) is 3.70. The number of hydrogen-bond acceptors (Lipinski definition) is 4. The second kappa shape index (κ2) is 8.21. The van der Waals surface area contributed by atoms with Gasteiger partial charge >= 0.3 is 5.97 Å². The monoisotopic (exact) mass is 355 g/mol. The number of carbonyl (C=O) groups is 2. The van der Waals surface area contributed by atoms with Gasteiger partial charge in [-0.3, -0.25) is 4.79 Å². The Morgan fingerprint density at radius 3 is 2.50 bits per heavy atom. The van der Waals surface area contributed by atoms with E-state index in [0.717, 1.165) is 30.0 Å². The van der Waals surface area contributed by atoms with Crippen LogP contribution in [0.1, 0.15) is 43.0 Å². The highest BCUT2D eigenvalue weighted by Gasteiger charge is 2.23. The van der Waals surface area contributed by atoms with Crippen LogP contribution >= 0.6 is 0 Å². The normalized spacial score (nSPS) is 19.8. The highest BCUT2D eigenvalue weighted by atomic mass is 16.5. The first-order valence-electron chi connectivity index (χ1n) is 9.11. The van der Waals surface area contributed by atoms with Crippen molar-refractivity contribution in [3.05, 3.63) is 42.0 Å². The van der Waals surface area contributed by atoms with E-state index in [4.69, 9.17) is 9.47 Å². The van der Waals surface area contributed by atoms with Gasteiger partial charge in [0.25, 0.3) is 5.91 Å². The van der Waals surface area contributed by atoms with Crippen molar-refractivity contribution in [3.63, 3.8) is 0 Å². The Bertz CT molecular complexity index is 802. The summed E-state index contributed by atoms with van der Waals surface area (Å²) in [6, 6.07) is 11.4. The Labute approximate surface area is 153 Å². The van der Waals surface area contributed by atoms with E-state index in [1.807, 2.05) is 24.3 Å². The van der Waals surface area contributed by atoms with Crippen LogP contribution in [0.25, 0.3) is 10.8 Å². The highest BCUT2D eigenvalue weighted by Crippen LogP contribution is 2.27. The van der Waals surface area contributed by atoms with Gasteiger partial charge in [0.15, 0.2) is 6.61 Å². The number of hydrogen-bond donors (Lipinski definition) is 1. The minimum absolute atomic E-state index is 0.171. The second-order valence-electron chi connectivity index (χ2n) is 6.91. The molecule has 0 heterocycles. The van der Waals surface area contributed by atoms with Crippen molar-refractivity contribution in [1.29, 1.82) is 0 Å². The molecule has 0 saturated heterocycles. The number of methoxy groups -OCH3 is 1. The third kappa shape index (κ3) is 4.15. The van der Waals surface area contributed by atoms with Crippen LogP contribution in [0.2, 0.25) is 0 Å². The number of nitrogens with one attached hydrogen (secondary N) is 1. The average molecular weight is 355 g/mol. The summed E-state index contributed by atoms with van der Waals surface area (Å²) in [7, 11) is 1.51. The first kappa shape index (κ1) is 18.2. The summed E-state index contributed by atoms with van der Waals surface area (Å²) in [5.74, 6) is 0.0929. The van der Waals surface area contributed by atoms with Crippen molar-refractivity contribution < 1.29 is 19.1 Å². The minimum atomic E-state index is -0.556. The highest BCUT2D eigenvalue weighted by molar-refractivity contribution is 5.99.